The third-order valence-corrected chi connectivity index (χ3v) is 8.67. The molecule has 42 heavy (non-hydrogen) atoms. The highest BCUT2D eigenvalue weighted by Crippen LogP contribution is 2.31. The summed E-state index contributed by atoms with van der Waals surface area (Å²) in [6, 6.07) is 14.9. The van der Waals surface area contributed by atoms with Crippen molar-refractivity contribution in [3.8, 4) is 16.9 Å². The van der Waals surface area contributed by atoms with Gasteiger partial charge >= 0.3 is 0 Å². The molecule has 3 aromatic rings. The first kappa shape index (κ1) is 28.4. The van der Waals surface area contributed by atoms with Gasteiger partial charge in [0, 0.05) is 44.7 Å². The maximum absolute atomic E-state index is 14.2. The number of aliphatic hydroxyl groups is 1. The molecular formula is C32H38N4O6. The fourth-order valence-corrected chi connectivity index (χ4v) is 6.15. The van der Waals surface area contributed by atoms with E-state index in [1.54, 1.807) is 11.0 Å². The summed E-state index contributed by atoms with van der Waals surface area (Å²) in [5, 5.41) is 17.7. The van der Waals surface area contributed by atoms with E-state index in [9.17, 15) is 14.7 Å². The van der Waals surface area contributed by atoms with Crippen LogP contribution in [0.15, 0.2) is 53.1 Å². The highest BCUT2D eigenvalue weighted by Gasteiger charge is 2.38. The summed E-state index contributed by atoms with van der Waals surface area (Å²) < 4.78 is 17.8. The number of benzene rings is 2. The van der Waals surface area contributed by atoms with Gasteiger partial charge in [-0.15, -0.1) is 0 Å². The smallest absolute Gasteiger partial charge is 0.258 e. The van der Waals surface area contributed by atoms with Gasteiger partial charge in [0.1, 0.15) is 23.7 Å². The SMILES string of the molecule is Cc1noc(C)c1CN1CCN2C(=O)c3ccc(-c4ccccc4)cc3OCC[C@@H]3CC[C@H](O)[C@@H](CNC(=O)[C@@H]2C1)O3. The lowest BCUT2D eigenvalue weighted by Crippen LogP contribution is -2.61. The van der Waals surface area contributed by atoms with E-state index in [1.807, 2.05) is 56.3 Å². The summed E-state index contributed by atoms with van der Waals surface area (Å²) in [6.07, 6.45) is 0.635. The predicted molar refractivity (Wildman–Crippen MR) is 155 cm³/mol. The second-order valence-electron chi connectivity index (χ2n) is 11.5. The van der Waals surface area contributed by atoms with Gasteiger partial charge in [0.15, 0.2) is 0 Å². The molecule has 0 saturated carbocycles. The van der Waals surface area contributed by atoms with Crippen LogP contribution in [0.3, 0.4) is 0 Å². The molecule has 2 saturated heterocycles. The molecule has 1 aromatic heterocycles. The van der Waals surface area contributed by atoms with Crippen LogP contribution < -0.4 is 10.1 Å². The number of hydrogen-bond donors (Lipinski definition) is 2. The molecule has 0 aliphatic carbocycles. The molecule has 2 bridgehead atoms. The van der Waals surface area contributed by atoms with E-state index in [-0.39, 0.29) is 24.5 Å². The van der Waals surface area contributed by atoms with Gasteiger partial charge in [-0.2, -0.15) is 0 Å². The Bertz CT molecular complexity index is 1410. The Morgan fingerprint density at radius 1 is 1.02 bits per heavy atom. The van der Waals surface area contributed by atoms with Gasteiger partial charge < -0.3 is 29.3 Å². The van der Waals surface area contributed by atoms with Gasteiger partial charge in [0.05, 0.1) is 30.1 Å². The highest BCUT2D eigenvalue weighted by atomic mass is 16.5. The molecule has 4 heterocycles. The quantitative estimate of drug-likeness (QED) is 0.490. The lowest BCUT2D eigenvalue weighted by molar-refractivity contribution is -0.135. The molecule has 6 rings (SSSR count). The lowest BCUT2D eigenvalue weighted by atomic mass is 9.98. The van der Waals surface area contributed by atoms with Crippen molar-refractivity contribution in [3.05, 3.63) is 71.1 Å². The number of piperazine rings is 1. The Morgan fingerprint density at radius 2 is 1.86 bits per heavy atom. The van der Waals surface area contributed by atoms with Crippen molar-refractivity contribution >= 4 is 11.8 Å². The number of aryl methyl sites for hydroxylation is 2. The Labute approximate surface area is 245 Å². The molecule has 222 valence electrons. The Kier molecular flexibility index (Phi) is 8.28. The van der Waals surface area contributed by atoms with Crippen LogP contribution in [0, 0.1) is 13.8 Å². The molecule has 0 unspecified atom stereocenters. The Balaban J connectivity index is 1.33. The van der Waals surface area contributed by atoms with Crippen molar-refractivity contribution in [1.82, 2.24) is 20.3 Å². The molecule has 0 spiro atoms. The van der Waals surface area contributed by atoms with Gasteiger partial charge in [-0.25, -0.2) is 0 Å². The zero-order valence-electron chi connectivity index (χ0n) is 24.1. The number of amides is 2. The number of aliphatic hydroxyl groups excluding tert-OH is 1. The Morgan fingerprint density at radius 3 is 2.64 bits per heavy atom. The van der Waals surface area contributed by atoms with Gasteiger partial charge in [0.2, 0.25) is 5.91 Å². The molecule has 2 amide bonds. The first-order valence-electron chi connectivity index (χ1n) is 14.8. The minimum atomic E-state index is -0.743. The summed E-state index contributed by atoms with van der Waals surface area (Å²) in [6.45, 7) is 6.20. The molecular weight excluding hydrogens is 536 g/mol. The Hall–Kier alpha value is -3.73. The minimum absolute atomic E-state index is 0.105. The molecule has 4 atom stereocenters. The molecule has 3 aliphatic rings. The summed E-state index contributed by atoms with van der Waals surface area (Å²) in [5.74, 6) is 0.725. The van der Waals surface area contributed by atoms with Gasteiger partial charge in [-0.1, -0.05) is 41.6 Å². The second-order valence-corrected chi connectivity index (χ2v) is 11.5. The van der Waals surface area contributed by atoms with Crippen LogP contribution in [0.1, 0.15) is 46.6 Å². The normalized spacial score (nSPS) is 25.5. The number of nitrogens with one attached hydrogen (secondary N) is 1. The number of nitrogens with zero attached hydrogens (tertiary/aromatic N) is 3. The van der Waals surface area contributed by atoms with E-state index < -0.39 is 18.2 Å². The largest absolute Gasteiger partial charge is 0.493 e. The third-order valence-electron chi connectivity index (χ3n) is 8.67. The predicted octanol–water partition coefficient (Wildman–Crippen LogP) is 3.09. The first-order chi connectivity index (χ1) is 20.4. The van der Waals surface area contributed by atoms with E-state index >= 15 is 0 Å². The zero-order valence-corrected chi connectivity index (χ0v) is 24.1. The van der Waals surface area contributed by atoms with Crippen LogP contribution in [0.4, 0.5) is 0 Å². The van der Waals surface area contributed by atoms with Crippen LogP contribution in [-0.2, 0) is 16.1 Å². The fourth-order valence-electron chi connectivity index (χ4n) is 6.15. The second kappa shape index (κ2) is 12.2. The molecule has 2 fully saturated rings. The van der Waals surface area contributed by atoms with Crippen LogP contribution in [-0.4, -0.2) is 89.0 Å². The number of aromatic nitrogens is 1. The van der Waals surface area contributed by atoms with Crippen molar-refractivity contribution in [2.45, 2.75) is 64.0 Å². The molecule has 0 radical (unpaired) electrons. The van der Waals surface area contributed by atoms with E-state index in [0.717, 1.165) is 28.1 Å². The molecule has 2 aromatic carbocycles. The van der Waals surface area contributed by atoms with Gasteiger partial charge in [-0.3, -0.25) is 14.5 Å². The zero-order chi connectivity index (χ0) is 29.2. The summed E-state index contributed by atoms with van der Waals surface area (Å²) >= 11 is 0. The summed E-state index contributed by atoms with van der Waals surface area (Å²) in [7, 11) is 0. The van der Waals surface area contributed by atoms with Crippen LogP contribution >= 0.6 is 0 Å². The van der Waals surface area contributed by atoms with Crippen molar-refractivity contribution < 1.29 is 28.7 Å². The van der Waals surface area contributed by atoms with E-state index in [0.29, 0.717) is 63.4 Å². The minimum Gasteiger partial charge on any atom is -0.493 e. The van der Waals surface area contributed by atoms with Crippen molar-refractivity contribution in [2.75, 3.05) is 32.8 Å². The topological polar surface area (TPSA) is 117 Å². The van der Waals surface area contributed by atoms with Crippen molar-refractivity contribution in [3.63, 3.8) is 0 Å². The number of fused-ring (bicyclic) bond motifs is 4. The highest BCUT2D eigenvalue weighted by molar-refractivity contribution is 6.00. The van der Waals surface area contributed by atoms with Crippen LogP contribution in [0.2, 0.25) is 0 Å². The van der Waals surface area contributed by atoms with E-state index in [4.69, 9.17) is 14.0 Å². The lowest BCUT2D eigenvalue weighted by Gasteiger charge is -2.41. The molecule has 2 N–H and O–H groups in total. The van der Waals surface area contributed by atoms with Crippen molar-refractivity contribution in [1.29, 1.82) is 0 Å². The number of carbonyl (C=O) groups excluding carboxylic acids is 2. The molecule has 3 aliphatic heterocycles. The fraction of sp³-hybridized carbons (Fsp3) is 0.469. The number of hydrogen-bond acceptors (Lipinski definition) is 8. The third kappa shape index (κ3) is 5.92. The monoisotopic (exact) mass is 574 g/mol. The number of rotatable bonds is 3. The average molecular weight is 575 g/mol. The summed E-state index contributed by atoms with van der Waals surface area (Å²) in [4.78, 5) is 31.7. The molecule has 10 nitrogen and oxygen atoms in total. The maximum atomic E-state index is 14.2. The first-order valence-corrected chi connectivity index (χ1v) is 14.8. The maximum Gasteiger partial charge on any atom is 0.258 e. The van der Waals surface area contributed by atoms with Crippen molar-refractivity contribution in [2.24, 2.45) is 0 Å². The van der Waals surface area contributed by atoms with E-state index in [2.05, 4.69) is 15.4 Å². The van der Waals surface area contributed by atoms with Gasteiger partial charge in [-0.05, 0) is 49.9 Å². The van der Waals surface area contributed by atoms with Crippen LogP contribution in [0.5, 0.6) is 5.75 Å². The van der Waals surface area contributed by atoms with E-state index in [1.165, 1.54) is 0 Å². The number of ether oxygens (including phenoxy) is 2. The molecule has 10 heteroatoms. The van der Waals surface area contributed by atoms with Crippen LogP contribution in [0.25, 0.3) is 11.1 Å². The summed E-state index contributed by atoms with van der Waals surface area (Å²) in [5.41, 5.74) is 4.21. The number of carbonyl (C=O) groups is 2. The average Bonchev–Trinajstić information content (AvgIpc) is 3.32. The standard InChI is InChI=1S/C32H38N4O6/c1-20-26(21(2)42-34-20)18-35-13-14-36-27(19-35)31(38)33-17-30-28(37)11-9-24(41-30)12-15-40-29-16-23(8-10-25(29)32(36)39)22-6-4-3-5-7-22/h3-8,10,16,24,27-28,30,37H,9,11-15,17-19H2,1-2H3,(H,33,38)/t24-,27-,28-,30+/m0/s1. The van der Waals surface area contributed by atoms with Gasteiger partial charge in [0.25, 0.3) is 5.91 Å².